The molecule has 21 heavy (non-hydrogen) atoms. The van der Waals surface area contributed by atoms with Gasteiger partial charge in [-0.3, -0.25) is 0 Å². The van der Waals surface area contributed by atoms with Crippen molar-refractivity contribution in [2.45, 2.75) is 6.04 Å². The lowest BCUT2D eigenvalue weighted by Gasteiger charge is -2.21. The third kappa shape index (κ3) is 3.28. The largest absolute Gasteiger partial charge is 0.497 e. The van der Waals surface area contributed by atoms with E-state index in [9.17, 15) is 0 Å². The van der Waals surface area contributed by atoms with Crippen LogP contribution in [0, 0.1) is 0 Å². The highest BCUT2D eigenvalue weighted by Crippen LogP contribution is 2.33. The molecule has 1 atom stereocenters. The van der Waals surface area contributed by atoms with Crippen LogP contribution >= 0.6 is 0 Å². The zero-order valence-corrected chi connectivity index (χ0v) is 12.8. The molecule has 0 aliphatic rings. The van der Waals surface area contributed by atoms with E-state index in [0.29, 0.717) is 0 Å². The molecular weight excluding hydrogens is 266 g/mol. The van der Waals surface area contributed by atoms with Crippen molar-refractivity contribution in [2.75, 3.05) is 28.4 Å². The summed E-state index contributed by atoms with van der Waals surface area (Å²) in [6.45, 7) is 0. The van der Waals surface area contributed by atoms with Gasteiger partial charge in [-0.25, -0.2) is 0 Å². The Morgan fingerprint density at radius 3 is 2.19 bits per heavy atom. The van der Waals surface area contributed by atoms with E-state index in [0.717, 1.165) is 28.4 Å². The molecule has 1 unspecified atom stereocenters. The van der Waals surface area contributed by atoms with Crippen LogP contribution in [0.1, 0.15) is 17.2 Å². The van der Waals surface area contributed by atoms with Gasteiger partial charge < -0.3 is 19.5 Å². The first-order valence-corrected chi connectivity index (χ1v) is 6.76. The average Bonchev–Trinajstić information content (AvgIpc) is 2.55. The van der Waals surface area contributed by atoms with Crippen molar-refractivity contribution < 1.29 is 14.2 Å². The van der Waals surface area contributed by atoms with Crippen molar-refractivity contribution >= 4 is 0 Å². The summed E-state index contributed by atoms with van der Waals surface area (Å²) in [4.78, 5) is 0. The van der Waals surface area contributed by atoms with Crippen LogP contribution in [-0.4, -0.2) is 28.4 Å². The number of ether oxygens (including phenoxy) is 3. The Kier molecular flexibility index (Phi) is 5.06. The molecule has 0 aliphatic heterocycles. The Balaban J connectivity index is 2.49. The van der Waals surface area contributed by atoms with Gasteiger partial charge in [0.2, 0.25) is 0 Å². The zero-order chi connectivity index (χ0) is 15.2. The SMILES string of the molecule is CNC(c1cccc(OC)c1)c1cc(OC)ccc1OC. The molecule has 112 valence electrons. The summed E-state index contributed by atoms with van der Waals surface area (Å²) >= 11 is 0. The molecule has 4 heteroatoms. The van der Waals surface area contributed by atoms with Crippen LogP contribution in [0.15, 0.2) is 42.5 Å². The Morgan fingerprint density at radius 2 is 1.57 bits per heavy atom. The van der Waals surface area contributed by atoms with Gasteiger partial charge in [-0.2, -0.15) is 0 Å². The topological polar surface area (TPSA) is 39.7 Å². The first kappa shape index (κ1) is 15.2. The molecule has 0 radical (unpaired) electrons. The molecule has 0 amide bonds. The zero-order valence-electron chi connectivity index (χ0n) is 12.8. The Labute approximate surface area is 125 Å². The standard InChI is InChI=1S/C17H21NO3/c1-18-17(12-6-5-7-13(10-12)19-2)15-11-14(20-3)8-9-16(15)21-4/h5-11,17-18H,1-4H3. The van der Waals surface area contributed by atoms with Gasteiger partial charge in [0.25, 0.3) is 0 Å². The van der Waals surface area contributed by atoms with E-state index < -0.39 is 0 Å². The first-order chi connectivity index (χ1) is 10.2. The van der Waals surface area contributed by atoms with Crippen LogP contribution in [0.4, 0.5) is 0 Å². The summed E-state index contributed by atoms with van der Waals surface area (Å²) in [5.74, 6) is 2.45. The lowest BCUT2D eigenvalue weighted by molar-refractivity contribution is 0.394. The fraction of sp³-hybridized carbons (Fsp3) is 0.294. The van der Waals surface area contributed by atoms with Gasteiger partial charge in [0, 0.05) is 5.56 Å². The van der Waals surface area contributed by atoms with E-state index >= 15 is 0 Å². The summed E-state index contributed by atoms with van der Waals surface area (Å²) in [6, 6.07) is 13.8. The summed E-state index contributed by atoms with van der Waals surface area (Å²) in [5, 5.41) is 3.32. The molecule has 0 aromatic heterocycles. The van der Waals surface area contributed by atoms with Crippen molar-refractivity contribution in [1.29, 1.82) is 0 Å². The maximum atomic E-state index is 5.48. The van der Waals surface area contributed by atoms with Crippen molar-refractivity contribution in [1.82, 2.24) is 5.32 Å². The van der Waals surface area contributed by atoms with Gasteiger partial charge in [-0.1, -0.05) is 12.1 Å². The normalized spacial score (nSPS) is 11.8. The van der Waals surface area contributed by atoms with Crippen LogP contribution in [-0.2, 0) is 0 Å². The molecule has 0 bridgehead atoms. The number of rotatable bonds is 6. The van der Waals surface area contributed by atoms with Crippen LogP contribution < -0.4 is 19.5 Å². The quantitative estimate of drug-likeness (QED) is 0.886. The van der Waals surface area contributed by atoms with E-state index in [-0.39, 0.29) is 6.04 Å². The molecule has 0 saturated heterocycles. The monoisotopic (exact) mass is 287 g/mol. The third-order valence-electron chi connectivity index (χ3n) is 3.46. The van der Waals surface area contributed by atoms with Gasteiger partial charge in [-0.15, -0.1) is 0 Å². The highest BCUT2D eigenvalue weighted by atomic mass is 16.5. The fourth-order valence-corrected chi connectivity index (χ4v) is 2.39. The maximum absolute atomic E-state index is 5.48. The molecular formula is C17H21NO3. The number of hydrogen-bond acceptors (Lipinski definition) is 4. The lowest BCUT2D eigenvalue weighted by atomic mass is 9.97. The first-order valence-electron chi connectivity index (χ1n) is 6.76. The van der Waals surface area contributed by atoms with E-state index in [1.807, 2.05) is 43.4 Å². The van der Waals surface area contributed by atoms with Crippen LogP contribution in [0.25, 0.3) is 0 Å². The molecule has 0 heterocycles. The molecule has 4 nitrogen and oxygen atoms in total. The van der Waals surface area contributed by atoms with Gasteiger partial charge in [-0.05, 0) is 42.9 Å². The summed E-state index contributed by atoms with van der Waals surface area (Å²) in [7, 11) is 6.91. The summed E-state index contributed by atoms with van der Waals surface area (Å²) in [6.07, 6.45) is 0. The molecule has 2 aromatic rings. The minimum atomic E-state index is -0.00912. The predicted molar refractivity (Wildman–Crippen MR) is 83.4 cm³/mol. The highest BCUT2D eigenvalue weighted by Gasteiger charge is 2.18. The number of nitrogens with one attached hydrogen (secondary N) is 1. The molecule has 2 aromatic carbocycles. The molecule has 0 spiro atoms. The van der Waals surface area contributed by atoms with Gasteiger partial charge in [0.05, 0.1) is 27.4 Å². The Hall–Kier alpha value is -2.20. The molecule has 2 rings (SSSR count). The van der Waals surface area contributed by atoms with Gasteiger partial charge in [0.1, 0.15) is 17.2 Å². The minimum Gasteiger partial charge on any atom is -0.497 e. The molecule has 1 N–H and O–H groups in total. The molecule has 0 saturated carbocycles. The van der Waals surface area contributed by atoms with Crippen molar-refractivity contribution in [3.05, 3.63) is 53.6 Å². The van der Waals surface area contributed by atoms with Gasteiger partial charge >= 0.3 is 0 Å². The lowest BCUT2D eigenvalue weighted by Crippen LogP contribution is -2.18. The van der Waals surface area contributed by atoms with Crippen molar-refractivity contribution in [3.8, 4) is 17.2 Å². The average molecular weight is 287 g/mol. The van der Waals surface area contributed by atoms with Gasteiger partial charge in [0.15, 0.2) is 0 Å². The second kappa shape index (κ2) is 6.99. The van der Waals surface area contributed by atoms with Crippen LogP contribution in [0.3, 0.4) is 0 Å². The van der Waals surface area contributed by atoms with E-state index in [1.54, 1.807) is 21.3 Å². The second-order valence-corrected chi connectivity index (χ2v) is 4.61. The van der Waals surface area contributed by atoms with Crippen LogP contribution in [0.2, 0.25) is 0 Å². The van der Waals surface area contributed by atoms with E-state index in [2.05, 4.69) is 11.4 Å². The Morgan fingerprint density at radius 1 is 0.857 bits per heavy atom. The maximum Gasteiger partial charge on any atom is 0.124 e. The van der Waals surface area contributed by atoms with Crippen molar-refractivity contribution in [3.63, 3.8) is 0 Å². The van der Waals surface area contributed by atoms with Crippen LogP contribution in [0.5, 0.6) is 17.2 Å². The number of hydrogen-bond donors (Lipinski definition) is 1. The minimum absolute atomic E-state index is 0.00912. The van der Waals surface area contributed by atoms with E-state index in [1.165, 1.54) is 0 Å². The van der Waals surface area contributed by atoms with E-state index in [4.69, 9.17) is 14.2 Å². The summed E-state index contributed by atoms with van der Waals surface area (Å²) in [5.41, 5.74) is 2.12. The smallest absolute Gasteiger partial charge is 0.124 e. The predicted octanol–water partition coefficient (Wildman–Crippen LogP) is 3.02. The second-order valence-electron chi connectivity index (χ2n) is 4.61. The third-order valence-corrected chi connectivity index (χ3v) is 3.46. The number of benzene rings is 2. The molecule has 0 aliphatic carbocycles. The fourth-order valence-electron chi connectivity index (χ4n) is 2.39. The van der Waals surface area contributed by atoms with Crippen molar-refractivity contribution in [2.24, 2.45) is 0 Å². The summed E-state index contributed by atoms with van der Waals surface area (Å²) < 4.78 is 16.1. The number of methoxy groups -OCH3 is 3. The Bertz CT molecular complexity index is 598. The highest BCUT2D eigenvalue weighted by molar-refractivity contribution is 5.47. The molecule has 0 fully saturated rings.